The molecule has 5 rings (SSSR count). The zero-order chi connectivity index (χ0) is 24.3. The average molecular weight is 502 g/mol. The van der Waals surface area contributed by atoms with Crippen molar-refractivity contribution >= 4 is 27.0 Å². The van der Waals surface area contributed by atoms with Crippen LogP contribution in [-0.2, 0) is 16.6 Å². The number of nitrogens with zero attached hydrogens (tertiary/aromatic N) is 3. The highest BCUT2D eigenvalue weighted by Gasteiger charge is 2.36. The topological polar surface area (TPSA) is 88.5 Å². The molecule has 1 aromatic heterocycles. The van der Waals surface area contributed by atoms with Gasteiger partial charge in [0.05, 0.1) is 24.8 Å². The smallest absolute Gasteiger partial charge is 0.254 e. The Bertz CT molecular complexity index is 1450. The predicted octanol–water partition coefficient (Wildman–Crippen LogP) is 3.04. The molecule has 2 aromatic carbocycles. The number of benzene rings is 2. The second-order valence-electron chi connectivity index (χ2n) is 8.20. The predicted molar refractivity (Wildman–Crippen MR) is 137 cm³/mol. The minimum absolute atomic E-state index is 0.125. The van der Waals surface area contributed by atoms with Gasteiger partial charge in [-0.05, 0) is 47.3 Å². The first kappa shape index (κ1) is 23.0. The van der Waals surface area contributed by atoms with Gasteiger partial charge in [-0.25, -0.2) is 8.42 Å². The Labute approximate surface area is 209 Å². The third-order valence-electron chi connectivity index (χ3n) is 5.89. The van der Waals surface area contributed by atoms with Gasteiger partial charge in [-0.3, -0.25) is 0 Å². The van der Waals surface area contributed by atoms with Crippen LogP contribution in [0.4, 0.5) is 5.69 Å². The van der Waals surface area contributed by atoms with Crippen molar-refractivity contribution in [3.8, 4) is 17.9 Å². The van der Waals surface area contributed by atoms with Crippen LogP contribution < -0.4 is 15.5 Å². The number of sulfonamides is 1. The van der Waals surface area contributed by atoms with E-state index in [1.54, 1.807) is 29.6 Å². The van der Waals surface area contributed by atoms with Crippen LogP contribution in [-0.4, -0.2) is 38.5 Å². The molecule has 2 N–H and O–H groups in total. The molecule has 0 amide bonds. The number of anilines is 1. The lowest BCUT2D eigenvalue weighted by Crippen LogP contribution is -2.44. The molecule has 0 saturated carbocycles. The van der Waals surface area contributed by atoms with Crippen molar-refractivity contribution in [3.05, 3.63) is 94.6 Å². The zero-order valence-corrected chi connectivity index (χ0v) is 20.4. The van der Waals surface area contributed by atoms with E-state index in [2.05, 4.69) is 33.4 Å². The summed E-state index contributed by atoms with van der Waals surface area (Å²) in [5.74, 6) is 6.43. The number of thiophene rings is 1. The molecule has 1 atom stereocenters. The molecule has 2 aliphatic rings. The highest BCUT2D eigenvalue weighted by Crippen LogP contribution is 2.33. The Kier molecular flexibility index (Phi) is 6.47. The van der Waals surface area contributed by atoms with Gasteiger partial charge in [-0.15, -0.1) is 11.3 Å². The van der Waals surface area contributed by atoms with E-state index < -0.39 is 16.1 Å². The van der Waals surface area contributed by atoms with Crippen LogP contribution in [0.1, 0.15) is 16.7 Å². The molecule has 7 nitrogen and oxygen atoms in total. The van der Waals surface area contributed by atoms with Gasteiger partial charge < -0.3 is 15.5 Å². The molecule has 3 heterocycles. The van der Waals surface area contributed by atoms with E-state index in [4.69, 9.17) is 0 Å². The van der Waals surface area contributed by atoms with Crippen LogP contribution in [0.3, 0.4) is 0 Å². The van der Waals surface area contributed by atoms with Crippen LogP contribution in [0.15, 0.2) is 82.1 Å². The summed E-state index contributed by atoms with van der Waals surface area (Å²) >= 11 is 1.19. The van der Waals surface area contributed by atoms with Crippen molar-refractivity contribution in [1.82, 2.24) is 14.9 Å². The van der Waals surface area contributed by atoms with Crippen molar-refractivity contribution in [3.63, 3.8) is 0 Å². The molecule has 0 aliphatic carbocycles. The standard InChI is InChI=1S/C26H23N5O2S2/c27-14-21-9-11-25-22(13-21)16-31(35(32,33)26-7-4-12-34-26)24(10-8-20-5-2-1-3-6-20)18-30(25)17-23-15-28-19-29-23/h1-7,9,11-13,15,24,28-29H,16-19H2/t24-/m1/s1. The molecule has 0 unspecified atom stereocenters. The zero-order valence-electron chi connectivity index (χ0n) is 18.8. The van der Waals surface area contributed by atoms with Crippen molar-refractivity contribution < 1.29 is 8.42 Å². The molecule has 0 saturated heterocycles. The third kappa shape index (κ3) is 4.89. The number of hydrogen-bond donors (Lipinski definition) is 2. The lowest BCUT2D eigenvalue weighted by molar-refractivity contribution is 0.373. The Morgan fingerprint density at radius 3 is 2.66 bits per heavy atom. The lowest BCUT2D eigenvalue weighted by atomic mass is 10.1. The van der Waals surface area contributed by atoms with Gasteiger partial charge in [0.1, 0.15) is 10.3 Å². The van der Waals surface area contributed by atoms with E-state index in [1.165, 1.54) is 15.6 Å². The lowest BCUT2D eigenvalue weighted by Gasteiger charge is -2.29. The summed E-state index contributed by atoms with van der Waals surface area (Å²) in [6, 6.07) is 19.9. The molecule has 176 valence electrons. The molecule has 35 heavy (non-hydrogen) atoms. The summed E-state index contributed by atoms with van der Waals surface area (Å²) in [5.41, 5.74) is 4.00. The summed E-state index contributed by atoms with van der Waals surface area (Å²) in [4.78, 5) is 2.14. The third-order valence-corrected chi connectivity index (χ3v) is 9.11. The normalized spacial score (nSPS) is 17.6. The second-order valence-corrected chi connectivity index (χ2v) is 11.3. The van der Waals surface area contributed by atoms with E-state index in [0.717, 1.165) is 22.5 Å². The van der Waals surface area contributed by atoms with E-state index in [1.807, 2.05) is 42.6 Å². The van der Waals surface area contributed by atoms with E-state index in [-0.39, 0.29) is 10.8 Å². The number of nitriles is 1. The first-order chi connectivity index (χ1) is 17.0. The minimum atomic E-state index is -3.81. The summed E-state index contributed by atoms with van der Waals surface area (Å²) in [6.45, 7) is 1.71. The molecular formula is C26H23N5O2S2. The molecule has 0 bridgehead atoms. The van der Waals surface area contributed by atoms with Gasteiger partial charge in [-0.1, -0.05) is 36.1 Å². The Hall–Kier alpha value is -3.76. The summed E-state index contributed by atoms with van der Waals surface area (Å²) in [6.07, 6.45) is 1.93. The Morgan fingerprint density at radius 1 is 1.09 bits per heavy atom. The van der Waals surface area contributed by atoms with Crippen LogP contribution in [0, 0.1) is 23.2 Å². The molecular weight excluding hydrogens is 478 g/mol. The molecule has 0 spiro atoms. The molecule has 9 heteroatoms. The van der Waals surface area contributed by atoms with Gasteiger partial charge in [0.25, 0.3) is 10.0 Å². The van der Waals surface area contributed by atoms with Gasteiger partial charge in [0.2, 0.25) is 0 Å². The first-order valence-electron chi connectivity index (χ1n) is 11.1. The fourth-order valence-electron chi connectivity index (χ4n) is 4.20. The second kappa shape index (κ2) is 9.85. The van der Waals surface area contributed by atoms with E-state index in [9.17, 15) is 13.7 Å². The van der Waals surface area contributed by atoms with Crippen LogP contribution in [0.25, 0.3) is 0 Å². The average Bonchev–Trinajstić information content (AvgIpc) is 3.58. The number of fused-ring (bicyclic) bond motifs is 1. The van der Waals surface area contributed by atoms with Gasteiger partial charge in [0, 0.05) is 36.2 Å². The number of hydrogen-bond acceptors (Lipinski definition) is 7. The molecule has 3 aromatic rings. The fourth-order valence-corrected chi connectivity index (χ4v) is 6.83. The van der Waals surface area contributed by atoms with Gasteiger partial charge in [-0.2, -0.15) is 9.57 Å². The summed E-state index contributed by atoms with van der Waals surface area (Å²) < 4.78 is 29.3. The number of nitrogens with one attached hydrogen (secondary N) is 2. The van der Waals surface area contributed by atoms with Gasteiger partial charge >= 0.3 is 0 Å². The van der Waals surface area contributed by atoms with Crippen molar-refractivity contribution in [2.45, 2.75) is 16.8 Å². The monoisotopic (exact) mass is 501 g/mol. The molecule has 0 fully saturated rings. The van der Waals surface area contributed by atoms with Gasteiger partial charge in [0.15, 0.2) is 0 Å². The van der Waals surface area contributed by atoms with Crippen LogP contribution in [0.2, 0.25) is 0 Å². The largest absolute Gasteiger partial charge is 0.372 e. The summed E-state index contributed by atoms with van der Waals surface area (Å²) in [7, 11) is -3.81. The van der Waals surface area contributed by atoms with E-state index >= 15 is 0 Å². The number of rotatable bonds is 4. The van der Waals surface area contributed by atoms with Crippen LogP contribution >= 0.6 is 11.3 Å². The molecule has 2 aliphatic heterocycles. The Morgan fingerprint density at radius 2 is 1.94 bits per heavy atom. The quantitative estimate of drug-likeness (QED) is 0.535. The highest BCUT2D eigenvalue weighted by molar-refractivity contribution is 7.91. The SMILES string of the molecule is N#Cc1ccc2c(c1)CN(S(=O)(=O)c1cccs1)[C@H](C#Cc1ccccc1)CN2CC1=CNCN1. The van der Waals surface area contributed by atoms with Crippen molar-refractivity contribution in [2.75, 3.05) is 24.7 Å². The fraction of sp³-hybridized carbons (Fsp3) is 0.192. The minimum Gasteiger partial charge on any atom is -0.372 e. The summed E-state index contributed by atoms with van der Waals surface area (Å²) in [5, 5.41) is 17.7. The van der Waals surface area contributed by atoms with Crippen LogP contribution in [0.5, 0.6) is 0 Å². The van der Waals surface area contributed by atoms with Crippen molar-refractivity contribution in [2.24, 2.45) is 0 Å². The van der Waals surface area contributed by atoms with E-state index in [0.29, 0.717) is 25.3 Å². The maximum atomic E-state index is 13.8. The maximum absolute atomic E-state index is 13.8. The Balaban J connectivity index is 1.62. The van der Waals surface area contributed by atoms with Crippen molar-refractivity contribution in [1.29, 1.82) is 5.26 Å². The first-order valence-corrected chi connectivity index (χ1v) is 13.4. The maximum Gasteiger partial charge on any atom is 0.254 e. The molecule has 0 radical (unpaired) electrons. The highest BCUT2D eigenvalue weighted by atomic mass is 32.2.